The third-order valence-corrected chi connectivity index (χ3v) is 4.23. The maximum absolute atomic E-state index is 12.1. The lowest BCUT2D eigenvalue weighted by Crippen LogP contribution is -2.63. The van der Waals surface area contributed by atoms with Crippen LogP contribution in [0.3, 0.4) is 0 Å². The van der Waals surface area contributed by atoms with E-state index in [1.807, 2.05) is 4.90 Å². The number of nitrogens with one attached hydrogen (secondary N) is 1. The van der Waals surface area contributed by atoms with Crippen molar-refractivity contribution >= 4 is 5.91 Å². The zero-order valence-corrected chi connectivity index (χ0v) is 11.0. The minimum atomic E-state index is 0.109. The molecule has 1 amide bonds. The molecule has 2 heterocycles. The minimum Gasteiger partial charge on any atom is -0.375 e. The Morgan fingerprint density at radius 3 is 3.06 bits per heavy atom. The van der Waals surface area contributed by atoms with E-state index in [4.69, 9.17) is 4.74 Å². The summed E-state index contributed by atoms with van der Waals surface area (Å²) in [5.41, 5.74) is 0.109. The predicted octanol–water partition coefficient (Wildman–Crippen LogP) is 1.16. The number of nitrogens with zero attached hydrogens (tertiary/aromatic N) is 1. The molecule has 2 atom stereocenters. The van der Waals surface area contributed by atoms with Gasteiger partial charge in [0.15, 0.2) is 0 Å². The van der Waals surface area contributed by atoms with Gasteiger partial charge in [-0.2, -0.15) is 0 Å². The molecule has 0 saturated carbocycles. The summed E-state index contributed by atoms with van der Waals surface area (Å²) in [5.74, 6) is 0.145. The van der Waals surface area contributed by atoms with E-state index in [0.717, 1.165) is 25.9 Å². The highest BCUT2D eigenvalue weighted by Crippen LogP contribution is 2.32. The second-order valence-corrected chi connectivity index (χ2v) is 5.48. The van der Waals surface area contributed by atoms with Crippen molar-refractivity contribution < 1.29 is 9.53 Å². The van der Waals surface area contributed by atoms with E-state index < -0.39 is 0 Å². The highest BCUT2D eigenvalue weighted by molar-refractivity contribution is 5.78. The van der Waals surface area contributed by atoms with Crippen LogP contribution in [0.25, 0.3) is 0 Å². The Morgan fingerprint density at radius 1 is 1.47 bits per heavy atom. The summed E-state index contributed by atoms with van der Waals surface area (Å²) in [6.07, 6.45) is 5.82. The number of rotatable bonds is 2. The summed E-state index contributed by atoms with van der Waals surface area (Å²) in [4.78, 5) is 14.1. The molecule has 0 radical (unpaired) electrons. The number of piperidine rings is 1. The third-order valence-electron chi connectivity index (χ3n) is 4.23. The van der Waals surface area contributed by atoms with Crippen molar-refractivity contribution in [3.63, 3.8) is 0 Å². The van der Waals surface area contributed by atoms with Gasteiger partial charge in [-0.15, -0.1) is 0 Å². The third kappa shape index (κ3) is 2.63. The average molecular weight is 240 g/mol. The molecule has 0 aromatic heterocycles. The molecule has 0 aromatic carbocycles. The first-order chi connectivity index (χ1) is 8.17. The van der Waals surface area contributed by atoms with Gasteiger partial charge >= 0.3 is 0 Å². The lowest BCUT2D eigenvalue weighted by molar-refractivity contribution is -0.141. The number of fused-ring (bicyclic) bond motifs is 1. The molecule has 4 nitrogen and oxygen atoms in total. The first kappa shape index (κ1) is 12.8. The van der Waals surface area contributed by atoms with Crippen molar-refractivity contribution in [2.75, 3.05) is 26.8 Å². The Bertz CT molecular complexity index is 283. The zero-order chi connectivity index (χ0) is 12.3. The first-order valence-electron chi connectivity index (χ1n) is 6.71. The fraction of sp³-hybridized carbons (Fsp3) is 0.923. The number of carbonyl (C=O) groups excluding carboxylic acids is 1. The van der Waals surface area contributed by atoms with E-state index in [2.05, 4.69) is 12.2 Å². The largest absolute Gasteiger partial charge is 0.375 e. The first-order valence-corrected chi connectivity index (χ1v) is 6.71. The van der Waals surface area contributed by atoms with Crippen molar-refractivity contribution in [1.29, 1.82) is 0 Å². The number of hydrogen-bond acceptors (Lipinski definition) is 3. The van der Waals surface area contributed by atoms with Gasteiger partial charge in [-0.05, 0) is 39.2 Å². The number of carbonyl (C=O) groups is 1. The molecule has 2 aliphatic rings. The number of hydrogen-bond donors (Lipinski definition) is 1. The van der Waals surface area contributed by atoms with Gasteiger partial charge in [0.25, 0.3) is 0 Å². The highest BCUT2D eigenvalue weighted by atomic mass is 16.5. The van der Waals surface area contributed by atoms with Crippen LogP contribution in [0, 0.1) is 0 Å². The van der Waals surface area contributed by atoms with E-state index in [1.54, 1.807) is 7.11 Å². The van der Waals surface area contributed by atoms with Crippen LogP contribution in [0.15, 0.2) is 0 Å². The number of amides is 1. The van der Waals surface area contributed by atoms with Gasteiger partial charge in [-0.25, -0.2) is 0 Å². The molecule has 2 fully saturated rings. The maximum atomic E-state index is 12.1. The molecular formula is C13H24N2O2. The molecule has 2 aliphatic heterocycles. The molecule has 17 heavy (non-hydrogen) atoms. The molecule has 98 valence electrons. The van der Waals surface area contributed by atoms with E-state index in [9.17, 15) is 4.79 Å². The molecule has 2 saturated heterocycles. The standard InChI is InChI=1S/C13H24N2O2/c1-13-7-5-9-15(12(16)10-17-2)11(13)6-3-4-8-14-13/h11,14H,3-10H2,1-2H3/t11-,13-/m0/s1. The van der Waals surface area contributed by atoms with Crippen LogP contribution in [-0.4, -0.2) is 49.2 Å². The molecule has 1 N–H and O–H groups in total. The van der Waals surface area contributed by atoms with Gasteiger partial charge in [0.1, 0.15) is 6.61 Å². The summed E-state index contributed by atoms with van der Waals surface area (Å²) in [6, 6.07) is 0.349. The lowest BCUT2D eigenvalue weighted by atomic mass is 9.81. The summed E-state index contributed by atoms with van der Waals surface area (Å²) >= 11 is 0. The summed E-state index contributed by atoms with van der Waals surface area (Å²) in [7, 11) is 1.59. The highest BCUT2D eigenvalue weighted by Gasteiger charge is 2.42. The predicted molar refractivity (Wildman–Crippen MR) is 66.9 cm³/mol. The quantitative estimate of drug-likeness (QED) is 0.787. The molecular weight excluding hydrogens is 216 g/mol. The van der Waals surface area contributed by atoms with E-state index in [-0.39, 0.29) is 18.1 Å². The smallest absolute Gasteiger partial charge is 0.248 e. The summed E-state index contributed by atoms with van der Waals surface area (Å²) in [6.45, 7) is 4.46. The van der Waals surface area contributed by atoms with Gasteiger partial charge in [0.05, 0.1) is 0 Å². The summed E-state index contributed by atoms with van der Waals surface area (Å²) in [5, 5.41) is 3.65. The molecule has 0 aromatic rings. The van der Waals surface area contributed by atoms with Gasteiger partial charge in [-0.1, -0.05) is 6.42 Å². The van der Waals surface area contributed by atoms with Crippen LogP contribution >= 0.6 is 0 Å². The molecule has 2 rings (SSSR count). The Hall–Kier alpha value is -0.610. The van der Waals surface area contributed by atoms with Crippen molar-refractivity contribution in [2.45, 2.75) is 50.6 Å². The minimum absolute atomic E-state index is 0.109. The molecule has 0 unspecified atom stereocenters. The Morgan fingerprint density at radius 2 is 2.29 bits per heavy atom. The zero-order valence-electron chi connectivity index (χ0n) is 11.0. The monoisotopic (exact) mass is 240 g/mol. The van der Waals surface area contributed by atoms with Gasteiger partial charge < -0.3 is 15.0 Å². The summed E-state index contributed by atoms with van der Waals surface area (Å²) < 4.78 is 4.99. The van der Waals surface area contributed by atoms with Gasteiger partial charge in [0, 0.05) is 25.2 Å². The SMILES string of the molecule is COCC(=O)N1CCC[C@]2(C)NCCCC[C@H]12. The molecule has 0 bridgehead atoms. The van der Waals surface area contributed by atoms with Gasteiger partial charge in [0.2, 0.25) is 5.91 Å². The second-order valence-electron chi connectivity index (χ2n) is 5.48. The van der Waals surface area contributed by atoms with Crippen molar-refractivity contribution in [1.82, 2.24) is 10.2 Å². The van der Waals surface area contributed by atoms with Crippen molar-refractivity contribution in [3.05, 3.63) is 0 Å². The Kier molecular flexibility index (Phi) is 4.05. The normalized spacial score (nSPS) is 34.0. The van der Waals surface area contributed by atoms with Crippen LogP contribution < -0.4 is 5.32 Å². The molecule has 4 heteroatoms. The Labute approximate surface area is 104 Å². The van der Waals surface area contributed by atoms with E-state index in [0.29, 0.717) is 6.04 Å². The second kappa shape index (κ2) is 5.36. The fourth-order valence-electron chi connectivity index (χ4n) is 3.31. The maximum Gasteiger partial charge on any atom is 0.248 e. The van der Waals surface area contributed by atoms with Gasteiger partial charge in [-0.3, -0.25) is 4.79 Å². The fourth-order valence-corrected chi connectivity index (χ4v) is 3.31. The number of ether oxygens (including phenoxy) is 1. The molecule has 0 aliphatic carbocycles. The van der Waals surface area contributed by atoms with Crippen LogP contribution in [-0.2, 0) is 9.53 Å². The van der Waals surface area contributed by atoms with Crippen LogP contribution in [0.5, 0.6) is 0 Å². The van der Waals surface area contributed by atoms with Crippen molar-refractivity contribution in [3.8, 4) is 0 Å². The van der Waals surface area contributed by atoms with E-state index >= 15 is 0 Å². The molecule has 0 spiro atoms. The van der Waals surface area contributed by atoms with Crippen LogP contribution in [0.4, 0.5) is 0 Å². The topological polar surface area (TPSA) is 41.6 Å². The van der Waals surface area contributed by atoms with Crippen LogP contribution in [0.2, 0.25) is 0 Å². The van der Waals surface area contributed by atoms with Crippen LogP contribution in [0.1, 0.15) is 39.0 Å². The average Bonchev–Trinajstić information content (AvgIpc) is 2.50. The van der Waals surface area contributed by atoms with Crippen molar-refractivity contribution in [2.24, 2.45) is 0 Å². The number of methoxy groups -OCH3 is 1. The van der Waals surface area contributed by atoms with E-state index in [1.165, 1.54) is 19.3 Å². The Balaban J connectivity index is 2.13. The number of likely N-dealkylation sites (tertiary alicyclic amines) is 1. The lowest BCUT2D eigenvalue weighted by Gasteiger charge is -2.48.